The highest BCUT2D eigenvalue weighted by Crippen LogP contribution is 2.41. The fraction of sp³-hybridized carbons (Fsp3) is 0.342. The Labute approximate surface area is 246 Å². The molecule has 5 rings (SSSR count). The maximum Gasteiger partial charge on any atom is 0.224 e. The molecule has 1 aliphatic heterocycles. The van der Waals surface area contributed by atoms with Gasteiger partial charge in [-0.1, -0.05) is 121 Å². The molecule has 1 saturated heterocycles. The van der Waals surface area contributed by atoms with Gasteiger partial charge in [0.1, 0.15) is 0 Å². The third kappa shape index (κ3) is 7.95. The minimum absolute atomic E-state index is 0.0744. The number of likely N-dealkylation sites (tertiary alicyclic amines) is 1. The van der Waals surface area contributed by atoms with Crippen molar-refractivity contribution in [2.24, 2.45) is 0 Å². The third-order valence-electron chi connectivity index (χ3n) is 8.90. The highest BCUT2D eigenvalue weighted by molar-refractivity contribution is 5.78. The van der Waals surface area contributed by atoms with Crippen LogP contribution in [0.3, 0.4) is 0 Å². The van der Waals surface area contributed by atoms with Crippen LogP contribution in [0.5, 0.6) is 0 Å². The molecule has 0 aliphatic carbocycles. The number of carbonyl (C=O) groups excluding carboxylic acids is 1. The molecule has 1 aliphatic rings. The SMILES string of the molecule is O=C(Cc1ccccc1)NCCCC(CCCN1CCC(c2ccccc2)CC1)(c1ccccc1)c1ccccc1. The number of carbonyl (C=O) groups is 1. The van der Waals surface area contributed by atoms with Gasteiger partial charge in [0.15, 0.2) is 0 Å². The summed E-state index contributed by atoms with van der Waals surface area (Å²) < 4.78 is 0. The minimum Gasteiger partial charge on any atom is -0.356 e. The van der Waals surface area contributed by atoms with E-state index >= 15 is 0 Å². The van der Waals surface area contributed by atoms with Crippen LogP contribution in [0.25, 0.3) is 0 Å². The highest BCUT2D eigenvalue weighted by Gasteiger charge is 2.33. The summed E-state index contributed by atoms with van der Waals surface area (Å²) in [5.74, 6) is 0.789. The van der Waals surface area contributed by atoms with Gasteiger partial charge in [-0.3, -0.25) is 4.79 Å². The summed E-state index contributed by atoms with van der Waals surface area (Å²) in [4.78, 5) is 15.3. The van der Waals surface area contributed by atoms with E-state index in [1.807, 2.05) is 30.3 Å². The van der Waals surface area contributed by atoms with Crippen LogP contribution in [0.2, 0.25) is 0 Å². The van der Waals surface area contributed by atoms with Crippen molar-refractivity contribution < 1.29 is 4.79 Å². The topological polar surface area (TPSA) is 32.3 Å². The second-order valence-corrected chi connectivity index (χ2v) is 11.6. The summed E-state index contributed by atoms with van der Waals surface area (Å²) >= 11 is 0. The van der Waals surface area contributed by atoms with Crippen molar-refractivity contribution in [1.82, 2.24) is 10.2 Å². The summed E-state index contributed by atoms with van der Waals surface area (Å²) in [6.45, 7) is 4.18. The maximum absolute atomic E-state index is 12.6. The number of nitrogens with one attached hydrogen (secondary N) is 1. The minimum atomic E-state index is -0.0744. The van der Waals surface area contributed by atoms with Crippen LogP contribution in [-0.4, -0.2) is 37.0 Å². The lowest BCUT2D eigenvalue weighted by molar-refractivity contribution is -0.120. The molecule has 41 heavy (non-hydrogen) atoms. The summed E-state index contributed by atoms with van der Waals surface area (Å²) in [5, 5.41) is 3.18. The smallest absolute Gasteiger partial charge is 0.224 e. The number of benzene rings is 4. The van der Waals surface area contributed by atoms with E-state index in [0.29, 0.717) is 18.9 Å². The summed E-state index contributed by atoms with van der Waals surface area (Å²) in [7, 11) is 0. The Morgan fingerprint density at radius 3 is 1.78 bits per heavy atom. The van der Waals surface area contributed by atoms with E-state index in [1.54, 1.807) is 0 Å². The fourth-order valence-electron chi connectivity index (χ4n) is 6.66. The first kappa shape index (κ1) is 28.8. The average molecular weight is 545 g/mol. The number of nitrogens with zero attached hydrogens (tertiary/aromatic N) is 1. The summed E-state index contributed by atoms with van der Waals surface area (Å²) in [6.07, 6.45) is 7.11. The van der Waals surface area contributed by atoms with Crippen LogP contribution < -0.4 is 5.32 Å². The lowest BCUT2D eigenvalue weighted by atomic mass is 9.68. The molecule has 4 aromatic carbocycles. The molecular weight excluding hydrogens is 500 g/mol. The van der Waals surface area contributed by atoms with E-state index in [-0.39, 0.29) is 11.3 Å². The second-order valence-electron chi connectivity index (χ2n) is 11.6. The van der Waals surface area contributed by atoms with Gasteiger partial charge in [-0.25, -0.2) is 0 Å². The van der Waals surface area contributed by atoms with Crippen LogP contribution in [0.15, 0.2) is 121 Å². The van der Waals surface area contributed by atoms with Gasteiger partial charge < -0.3 is 10.2 Å². The molecule has 3 heteroatoms. The van der Waals surface area contributed by atoms with E-state index in [2.05, 4.69) is 101 Å². The molecule has 0 radical (unpaired) electrons. The van der Waals surface area contributed by atoms with Crippen LogP contribution in [0.1, 0.15) is 66.7 Å². The lowest BCUT2D eigenvalue weighted by Gasteiger charge is -2.37. The van der Waals surface area contributed by atoms with Crippen LogP contribution in [0.4, 0.5) is 0 Å². The Morgan fingerprint density at radius 2 is 1.20 bits per heavy atom. The Kier molecular flexibility index (Phi) is 10.4. The first-order chi connectivity index (χ1) is 20.2. The number of hydrogen-bond donors (Lipinski definition) is 1. The number of rotatable bonds is 13. The second kappa shape index (κ2) is 14.8. The largest absolute Gasteiger partial charge is 0.356 e. The van der Waals surface area contributed by atoms with Gasteiger partial charge in [-0.05, 0) is 86.3 Å². The molecule has 4 aromatic rings. The van der Waals surface area contributed by atoms with Crippen molar-refractivity contribution >= 4 is 5.91 Å². The number of amides is 1. The predicted molar refractivity (Wildman–Crippen MR) is 170 cm³/mol. The molecule has 3 nitrogen and oxygen atoms in total. The zero-order valence-corrected chi connectivity index (χ0v) is 24.3. The number of piperidine rings is 1. The summed E-state index contributed by atoms with van der Waals surface area (Å²) in [6, 6.07) is 43.1. The van der Waals surface area contributed by atoms with Gasteiger partial charge in [0.05, 0.1) is 6.42 Å². The Balaban J connectivity index is 1.22. The van der Waals surface area contributed by atoms with Gasteiger partial charge in [0, 0.05) is 12.0 Å². The van der Waals surface area contributed by atoms with Crippen molar-refractivity contribution in [3.05, 3.63) is 144 Å². The van der Waals surface area contributed by atoms with Crippen LogP contribution >= 0.6 is 0 Å². The normalized spacial score (nSPS) is 14.5. The van der Waals surface area contributed by atoms with E-state index < -0.39 is 0 Å². The quantitative estimate of drug-likeness (QED) is 0.174. The van der Waals surface area contributed by atoms with Crippen molar-refractivity contribution in [2.45, 2.75) is 56.3 Å². The molecule has 1 N–H and O–H groups in total. The molecule has 1 fully saturated rings. The maximum atomic E-state index is 12.6. The highest BCUT2D eigenvalue weighted by atomic mass is 16.1. The lowest BCUT2D eigenvalue weighted by Crippen LogP contribution is -2.36. The molecule has 212 valence electrons. The molecule has 1 heterocycles. The van der Waals surface area contributed by atoms with Crippen molar-refractivity contribution in [3.8, 4) is 0 Å². The van der Waals surface area contributed by atoms with Gasteiger partial charge in [0.25, 0.3) is 0 Å². The first-order valence-electron chi connectivity index (χ1n) is 15.4. The first-order valence-corrected chi connectivity index (χ1v) is 15.4. The van der Waals surface area contributed by atoms with E-state index in [4.69, 9.17) is 0 Å². The van der Waals surface area contributed by atoms with Crippen LogP contribution in [-0.2, 0) is 16.6 Å². The van der Waals surface area contributed by atoms with Gasteiger partial charge >= 0.3 is 0 Å². The Hall–Kier alpha value is -3.69. The summed E-state index contributed by atoms with van der Waals surface area (Å²) in [5.41, 5.74) is 5.24. The molecule has 1 amide bonds. The van der Waals surface area contributed by atoms with E-state index in [1.165, 1.54) is 42.6 Å². The molecular formula is C38H44N2O. The molecule has 0 atom stereocenters. The Bertz CT molecular complexity index is 1260. The average Bonchev–Trinajstić information content (AvgIpc) is 3.04. The van der Waals surface area contributed by atoms with Crippen LogP contribution in [0, 0.1) is 0 Å². The van der Waals surface area contributed by atoms with Crippen molar-refractivity contribution in [3.63, 3.8) is 0 Å². The molecule has 0 spiro atoms. The molecule has 0 aromatic heterocycles. The van der Waals surface area contributed by atoms with Gasteiger partial charge in [-0.2, -0.15) is 0 Å². The van der Waals surface area contributed by atoms with Crippen molar-refractivity contribution in [2.75, 3.05) is 26.2 Å². The standard InChI is InChI=1S/C38H44N2O/c41-37(31-32-15-5-1-6-16-32)39-27-13-25-38(35-19-9-3-10-20-35,36-21-11-4-12-22-36)26-14-28-40-29-23-34(24-30-40)33-17-7-2-8-18-33/h1-12,15-22,34H,13-14,23-31H2,(H,39,41). The zero-order valence-electron chi connectivity index (χ0n) is 24.3. The Morgan fingerprint density at radius 1 is 0.683 bits per heavy atom. The zero-order chi connectivity index (χ0) is 28.2. The van der Waals surface area contributed by atoms with Crippen molar-refractivity contribution in [1.29, 1.82) is 0 Å². The van der Waals surface area contributed by atoms with Gasteiger partial charge in [0.2, 0.25) is 5.91 Å². The fourth-order valence-corrected chi connectivity index (χ4v) is 6.66. The van der Waals surface area contributed by atoms with E-state index in [9.17, 15) is 4.79 Å². The monoisotopic (exact) mass is 544 g/mol. The van der Waals surface area contributed by atoms with Gasteiger partial charge in [-0.15, -0.1) is 0 Å². The van der Waals surface area contributed by atoms with E-state index in [0.717, 1.165) is 37.8 Å². The molecule has 0 unspecified atom stereocenters. The molecule has 0 bridgehead atoms. The predicted octanol–water partition coefficient (Wildman–Crippen LogP) is 7.77. The molecule has 0 saturated carbocycles. The number of hydrogen-bond acceptors (Lipinski definition) is 2. The third-order valence-corrected chi connectivity index (χ3v) is 8.90.